The van der Waals surface area contributed by atoms with Crippen molar-refractivity contribution in [2.24, 2.45) is 0 Å². The van der Waals surface area contributed by atoms with Gasteiger partial charge in [-0.1, -0.05) is 71.7 Å². The minimum Gasteiger partial charge on any atom is -0.366 e. The molecule has 1 aliphatic rings. The molecular weight excluding hydrogens is 412 g/mol. The largest absolute Gasteiger partial charge is 0.366 e. The second kappa shape index (κ2) is 12.9. The van der Waals surface area contributed by atoms with Crippen molar-refractivity contribution in [3.8, 4) is 0 Å². The molecule has 29 heavy (non-hydrogen) atoms. The van der Waals surface area contributed by atoms with Gasteiger partial charge in [-0.2, -0.15) is 0 Å². The SMILES string of the molecule is Clc1ccccc1.Clc1ccccc1.O=C1NCCO[C@@H]1Cc1ccc(F)cc1. The quantitative estimate of drug-likeness (QED) is 0.573. The van der Waals surface area contributed by atoms with Crippen LogP contribution >= 0.6 is 23.2 Å². The third-order valence-electron chi connectivity index (χ3n) is 3.81. The smallest absolute Gasteiger partial charge is 0.249 e. The Hall–Kier alpha value is -2.40. The molecule has 1 amide bonds. The van der Waals surface area contributed by atoms with Crippen LogP contribution in [0.4, 0.5) is 4.39 Å². The molecule has 1 saturated heterocycles. The first kappa shape index (κ1) is 22.9. The molecule has 3 nitrogen and oxygen atoms in total. The van der Waals surface area contributed by atoms with E-state index in [1.807, 2.05) is 60.7 Å². The van der Waals surface area contributed by atoms with E-state index >= 15 is 0 Å². The fourth-order valence-electron chi connectivity index (χ4n) is 2.38. The van der Waals surface area contributed by atoms with E-state index < -0.39 is 6.10 Å². The zero-order chi connectivity index (χ0) is 20.9. The number of carbonyl (C=O) groups is 1. The van der Waals surface area contributed by atoms with Gasteiger partial charge in [0.2, 0.25) is 5.91 Å². The van der Waals surface area contributed by atoms with E-state index in [9.17, 15) is 9.18 Å². The molecule has 1 aliphatic heterocycles. The Kier molecular flexibility index (Phi) is 10.2. The lowest BCUT2D eigenvalue weighted by atomic mass is 10.1. The van der Waals surface area contributed by atoms with Crippen LogP contribution in [0.2, 0.25) is 10.0 Å². The van der Waals surface area contributed by atoms with Gasteiger partial charge in [0.15, 0.2) is 0 Å². The number of hydrogen-bond donors (Lipinski definition) is 1. The number of amides is 1. The molecule has 0 saturated carbocycles. The van der Waals surface area contributed by atoms with Crippen molar-refractivity contribution < 1.29 is 13.9 Å². The summed E-state index contributed by atoms with van der Waals surface area (Å²) in [7, 11) is 0. The molecule has 1 heterocycles. The summed E-state index contributed by atoms with van der Waals surface area (Å²) in [4.78, 5) is 11.4. The summed E-state index contributed by atoms with van der Waals surface area (Å²) < 4.78 is 17.9. The predicted molar refractivity (Wildman–Crippen MR) is 116 cm³/mol. The first-order valence-electron chi connectivity index (χ1n) is 9.09. The minimum absolute atomic E-state index is 0.0921. The lowest BCUT2D eigenvalue weighted by Gasteiger charge is -2.22. The molecule has 1 fully saturated rings. The molecule has 0 bridgehead atoms. The van der Waals surface area contributed by atoms with Gasteiger partial charge < -0.3 is 10.1 Å². The average Bonchev–Trinajstić information content (AvgIpc) is 2.73. The van der Waals surface area contributed by atoms with Crippen LogP contribution in [0, 0.1) is 5.82 Å². The molecule has 6 heteroatoms. The van der Waals surface area contributed by atoms with Crippen LogP contribution in [0.15, 0.2) is 84.9 Å². The van der Waals surface area contributed by atoms with Gasteiger partial charge in [-0.15, -0.1) is 0 Å². The Bertz CT molecular complexity index is 808. The Morgan fingerprint density at radius 1 is 0.862 bits per heavy atom. The zero-order valence-corrected chi connectivity index (χ0v) is 17.2. The Balaban J connectivity index is 0.000000178. The summed E-state index contributed by atoms with van der Waals surface area (Å²) in [6.45, 7) is 1.11. The van der Waals surface area contributed by atoms with Crippen molar-refractivity contribution in [3.05, 3.63) is 106 Å². The van der Waals surface area contributed by atoms with E-state index in [4.69, 9.17) is 27.9 Å². The van der Waals surface area contributed by atoms with Gasteiger partial charge in [0, 0.05) is 23.0 Å². The number of morpholine rings is 1. The number of rotatable bonds is 2. The predicted octanol–water partition coefficient (Wildman–Crippen LogP) is 5.56. The van der Waals surface area contributed by atoms with Gasteiger partial charge >= 0.3 is 0 Å². The molecular formula is C23H22Cl2FNO2. The Labute approximate surface area is 180 Å². The monoisotopic (exact) mass is 433 g/mol. The fourth-order valence-corrected chi connectivity index (χ4v) is 2.67. The summed E-state index contributed by atoms with van der Waals surface area (Å²) >= 11 is 11.1. The number of halogens is 3. The molecule has 1 atom stereocenters. The zero-order valence-electron chi connectivity index (χ0n) is 15.7. The van der Waals surface area contributed by atoms with Crippen molar-refractivity contribution >= 4 is 29.1 Å². The molecule has 1 N–H and O–H groups in total. The van der Waals surface area contributed by atoms with E-state index in [-0.39, 0.29) is 11.7 Å². The molecule has 0 radical (unpaired) electrons. The highest BCUT2D eigenvalue weighted by atomic mass is 35.5. The molecule has 0 unspecified atom stereocenters. The normalized spacial score (nSPS) is 15.1. The topological polar surface area (TPSA) is 38.3 Å². The van der Waals surface area contributed by atoms with E-state index in [1.54, 1.807) is 12.1 Å². The third kappa shape index (κ3) is 9.57. The van der Waals surface area contributed by atoms with Crippen LogP contribution in [0.3, 0.4) is 0 Å². The maximum absolute atomic E-state index is 12.6. The number of ether oxygens (including phenoxy) is 1. The van der Waals surface area contributed by atoms with Crippen LogP contribution < -0.4 is 5.32 Å². The minimum atomic E-state index is -0.441. The van der Waals surface area contributed by atoms with Crippen LogP contribution in [-0.2, 0) is 16.0 Å². The maximum atomic E-state index is 12.6. The third-order valence-corrected chi connectivity index (χ3v) is 4.32. The Morgan fingerprint density at radius 2 is 1.38 bits per heavy atom. The van der Waals surface area contributed by atoms with Crippen LogP contribution in [0.1, 0.15) is 5.56 Å². The molecule has 0 aliphatic carbocycles. The standard InChI is InChI=1S/C11H12FNO2.2C6H5Cl/c12-9-3-1-8(2-4-9)7-10-11(14)13-5-6-15-10;2*7-6-4-2-1-3-5-6/h1-4,10H,5-7H2,(H,13,14);2*1-5H/t10-;;/m1../s1. The molecule has 4 rings (SSSR count). The van der Waals surface area contributed by atoms with E-state index in [2.05, 4.69) is 5.32 Å². The van der Waals surface area contributed by atoms with Gasteiger partial charge in [0.05, 0.1) is 6.61 Å². The van der Waals surface area contributed by atoms with E-state index in [0.29, 0.717) is 19.6 Å². The van der Waals surface area contributed by atoms with Crippen LogP contribution in [-0.4, -0.2) is 25.2 Å². The summed E-state index contributed by atoms with van der Waals surface area (Å²) in [5, 5.41) is 4.31. The average molecular weight is 434 g/mol. The second-order valence-electron chi connectivity index (χ2n) is 6.07. The molecule has 3 aromatic rings. The number of benzene rings is 3. The first-order valence-corrected chi connectivity index (χ1v) is 9.85. The second-order valence-corrected chi connectivity index (χ2v) is 6.95. The van der Waals surface area contributed by atoms with Crippen molar-refractivity contribution in [2.45, 2.75) is 12.5 Å². The summed E-state index contributed by atoms with van der Waals surface area (Å²) in [6, 6.07) is 25.0. The summed E-state index contributed by atoms with van der Waals surface area (Å²) in [5.74, 6) is -0.363. The van der Waals surface area contributed by atoms with Gasteiger partial charge in [0.1, 0.15) is 11.9 Å². The highest BCUT2D eigenvalue weighted by Crippen LogP contribution is 2.09. The van der Waals surface area contributed by atoms with Gasteiger partial charge in [-0.05, 0) is 42.0 Å². The first-order chi connectivity index (χ1) is 14.0. The maximum Gasteiger partial charge on any atom is 0.249 e. The van der Waals surface area contributed by atoms with Crippen LogP contribution in [0.25, 0.3) is 0 Å². The molecule has 152 valence electrons. The van der Waals surface area contributed by atoms with Crippen molar-refractivity contribution in [1.82, 2.24) is 5.32 Å². The Morgan fingerprint density at radius 3 is 1.79 bits per heavy atom. The lowest BCUT2D eigenvalue weighted by Crippen LogP contribution is -2.45. The lowest BCUT2D eigenvalue weighted by molar-refractivity contribution is -0.137. The van der Waals surface area contributed by atoms with E-state index in [0.717, 1.165) is 15.6 Å². The van der Waals surface area contributed by atoms with Gasteiger partial charge in [-0.3, -0.25) is 4.79 Å². The highest BCUT2D eigenvalue weighted by Gasteiger charge is 2.22. The summed E-state index contributed by atoms with van der Waals surface area (Å²) in [6.07, 6.45) is 0.0516. The highest BCUT2D eigenvalue weighted by molar-refractivity contribution is 6.30. The fraction of sp³-hybridized carbons (Fsp3) is 0.174. The molecule has 0 aromatic heterocycles. The van der Waals surface area contributed by atoms with Gasteiger partial charge in [-0.25, -0.2) is 4.39 Å². The van der Waals surface area contributed by atoms with Crippen LogP contribution in [0.5, 0.6) is 0 Å². The van der Waals surface area contributed by atoms with Crippen molar-refractivity contribution in [1.29, 1.82) is 0 Å². The number of hydrogen-bond acceptors (Lipinski definition) is 2. The molecule has 3 aromatic carbocycles. The molecule has 0 spiro atoms. The van der Waals surface area contributed by atoms with E-state index in [1.165, 1.54) is 12.1 Å². The number of carbonyl (C=O) groups excluding carboxylic acids is 1. The summed E-state index contributed by atoms with van der Waals surface area (Å²) in [5.41, 5.74) is 0.901. The number of nitrogens with one attached hydrogen (secondary N) is 1. The van der Waals surface area contributed by atoms with Crippen molar-refractivity contribution in [3.63, 3.8) is 0 Å². The van der Waals surface area contributed by atoms with Gasteiger partial charge in [0.25, 0.3) is 0 Å². The van der Waals surface area contributed by atoms with Crippen molar-refractivity contribution in [2.75, 3.05) is 13.2 Å².